The molecule has 1 aliphatic heterocycles. The van der Waals surface area contributed by atoms with Crippen molar-refractivity contribution in [2.75, 3.05) is 19.6 Å². The maximum atomic E-state index is 13.6. The minimum atomic E-state index is -0.244. The first-order chi connectivity index (χ1) is 13.5. The van der Waals surface area contributed by atoms with Crippen molar-refractivity contribution in [3.63, 3.8) is 0 Å². The van der Waals surface area contributed by atoms with Crippen molar-refractivity contribution >= 4 is 27.7 Å². The summed E-state index contributed by atoms with van der Waals surface area (Å²) in [7, 11) is 0. The van der Waals surface area contributed by atoms with Crippen LogP contribution in [0.3, 0.4) is 0 Å². The normalized spacial score (nSPS) is 14.8. The number of carbonyl (C=O) groups is 2. The number of rotatable bonds is 5. The molecule has 0 atom stereocenters. The van der Waals surface area contributed by atoms with Crippen molar-refractivity contribution in [3.8, 4) is 0 Å². The molecule has 2 amide bonds. The Morgan fingerprint density at radius 3 is 2.57 bits per heavy atom. The molecule has 0 aliphatic carbocycles. The van der Waals surface area contributed by atoms with Crippen LogP contribution in [0.2, 0.25) is 0 Å². The lowest BCUT2D eigenvalue weighted by molar-refractivity contribution is -0.126. The predicted molar refractivity (Wildman–Crippen MR) is 111 cm³/mol. The van der Waals surface area contributed by atoms with E-state index in [2.05, 4.69) is 21.2 Å². The Morgan fingerprint density at radius 1 is 1.18 bits per heavy atom. The minimum absolute atomic E-state index is 0.0109. The lowest BCUT2D eigenvalue weighted by atomic mass is 9.95. The van der Waals surface area contributed by atoms with Crippen LogP contribution in [0.25, 0.3) is 0 Å². The number of hydrogen-bond acceptors (Lipinski definition) is 2. The standard InChI is InChI=1S/C22H24BrFN2O2/c1-15-14-18(23)6-7-19(15)22(28)26-12-9-17(10-13-26)21(27)25-11-8-16-4-2-3-5-20(16)24/h2-7,14,17H,8-13H2,1H3,(H,25,27). The van der Waals surface area contributed by atoms with Crippen LogP contribution >= 0.6 is 15.9 Å². The van der Waals surface area contributed by atoms with Crippen LogP contribution in [-0.4, -0.2) is 36.3 Å². The molecule has 0 spiro atoms. The van der Waals surface area contributed by atoms with Gasteiger partial charge in [0.05, 0.1) is 0 Å². The van der Waals surface area contributed by atoms with Crippen molar-refractivity contribution in [2.24, 2.45) is 5.92 Å². The van der Waals surface area contributed by atoms with Gasteiger partial charge in [-0.3, -0.25) is 9.59 Å². The maximum absolute atomic E-state index is 13.6. The van der Waals surface area contributed by atoms with Crippen molar-refractivity contribution in [2.45, 2.75) is 26.2 Å². The molecular weight excluding hydrogens is 423 g/mol. The summed E-state index contributed by atoms with van der Waals surface area (Å²) in [6, 6.07) is 12.2. The topological polar surface area (TPSA) is 49.4 Å². The Kier molecular flexibility index (Phi) is 6.83. The van der Waals surface area contributed by atoms with E-state index in [0.717, 1.165) is 10.0 Å². The number of piperidine rings is 1. The molecule has 2 aromatic rings. The highest BCUT2D eigenvalue weighted by atomic mass is 79.9. The number of carbonyl (C=O) groups excluding carboxylic acids is 2. The first-order valence-electron chi connectivity index (χ1n) is 9.52. The van der Waals surface area contributed by atoms with Crippen LogP contribution in [0.4, 0.5) is 4.39 Å². The molecule has 3 rings (SSSR count). The fourth-order valence-corrected chi connectivity index (χ4v) is 4.02. The number of nitrogens with one attached hydrogen (secondary N) is 1. The summed E-state index contributed by atoms with van der Waals surface area (Å²) in [5.74, 6) is -0.339. The molecule has 6 heteroatoms. The first kappa shape index (κ1) is 20.5. The van der Waals surface area contributed by atoms with Gasteiger partial charge in [-0.05, 0) is 61.6 Å². The number of halogens is 2. The van der Waals surface area contributed by atoms with E-state index >= 15 is 0 Å². The van der Waals surface area contributed by atoms with E-state index in [1.54, 1.807) is 18.2 Å². The third kappa shape index (κ3) is 4.98. The van der Waals surface area contributed by atoms with Gasteiger partial charge in [-0.15, -0.1) is 0 Å². The molecule has 1 fully saturated rings. The smallest absolute Gasteiger partial charge is 0.254 e. The number of likely N-dealkylation sites (tertiary alicyclic amines) is 1. The zero-order valence-corrected chi connectivity index (χ0v) is 17.5. The Bertz CT molecular complexity index is 863. The van der Waals surface area contributed by atoms with Crippen LogP contribution in [0, 0.1) is 18.7 Å². The second-order valence-corrected chi connectivity index (χ2v) is 8.07. The number of aryl methyl sites for hydroxylation is 1. The highest BCUT2D eigenvalue weighted by molar-refractivity contribution is 9.10. The zero-order chi connectivity index (χ0) is 20.1. The van der Waals surface area contributed by atoms with Crippen LogP contribution in [0.15, 0.2) is 46.9 Å². The van der Waals surface area contributed by atoms with Gasteiger partial charge in [0.2, 0.25) is 5.91 Å². The monoisotopic (exact) mass is 446 g/mol. The van der Waals surface area contributed by atoms with Gasteiger partial charge in [0.25, 0.3) is 5.91 Å². The van der Waals surface area contributed by atoms with Gasteiger partial charge < -0.3 is 10.2 Å². The Hall–Kier alpha value is -2.21. The molecule has 0 bridgehead atoms. The van der Waals surface area contributed by atoms with Gasteiger partial charge in [0.15, 0.2) is 0 Å². The number of hydrogen-bond donors (Lipinski definition) is 1. The average molecular weight is 447 g/mol. The van der Waals surface area contributed by atoms with E-state index in [-0.39, 0.29) is 23.5 Å². The molecule has 0 saturated carbocycles. The number of amides is 2. The summed E-state index contributed by atoms with van der Waals surface area (Å²) in [5, 5.41) is 2.90. The largest absolute Gasteiger partial charge is 0.356 e. The highest BCUT2D eigenvalue weighted by Gasteiger charge is 2.28. The molecule has 28 heavy (non-hydrogen) atoms. The summed E-state index contributed by atoms with van der Waals surface area (Å²) in [5.41, 5.74) is 2.25. The van der Waals surface area contributed by atoms with Crippen LogP contribution in [0.1, 0.15) is 34.3 Å². The molecule has 0 aromatic heterocycles. The maximum Gasteiger partial charge on any atom is 0.254 e. The molecule has 4 nitrogen and oxygen atoms in total. The Morgan fingerprint density at radius 2 is 1.89 bits per heavy atom. The number of nitrogens with zero attached hydrogens (tertiary/aromatic N) is 1. The summed E-state index contributed by atoms with van der Waals surface area (Å²) < 4.78 is 14.6. The molecule has 0 radical (unpaired) electrons. The van der Waals surface area contributed by atoms with E-state index in [9.17, 15) is 14.0 Å². The Balaban J connectivity index is 1.47. The van der Waals surface area contributed by atoms with Crippen molar-refractivity contribution in [1.29, 1.82) is 0 Å². The van der Waals surface area contributed by atoms with E-state index in [0.29, 0.717) is 50.0 Å². The van der Waals surface area contributed by atoms with Crippen molar-refractivity contribution in [3.05, 3.63) is 69.4 Å². The molecule has 1 N–H and O–H groups in total. The van der Waals surface area contributed by atoms with Gasteiger partial charge in [0, 0.05) is 35.6 Å². The van der Waals surface area contributed by atoms with Crippen molar-refractivity contribution < 1.29 is 14.0 Å². The summed E-state index contributed by atoms with van der Waals surface area (Å²) in [4.78, 5) is 27.0. The second kappa shape index (κ2) is 9.32. The molecule has 2 aromatic carbocycles. The van der Waals surface area contributed by atoms with Crippen LogP contribution < -0.4 is 5.32 Å². The summed E-state index contributed by atoms with van der Waals surface area (Å²) in [6.45, 7) is 3.48. The fraction of sp³-hybridized carbons (Fsp3) is 0.364. The molecule has 148 valence electrons. The Labute approximate surface area is 173 Å². The van der Waals surface area contributed by atoms with E-state index < -0.39 is 0 Å². The van der Waals surface area contributed by atoms with Crippen molar-refractivity contribution in [1.82, 2.24) is 10.2 Å². The predicted octanol–water partition coefficient (Wildman–Crippen LogP) is 4.11. The van der Waals surface area contributed by atoms with Gasteiger partial charge >= 0.3 is 0 Å². The summed E-state index contributed by atoms with van der Waals surface area (Å²) in [6.07, 6.45) is 1.76. The first-order valence-corrected chi connectivity index (χ1v) is 10.3. The molecule has 0 unspecified atom stereocenters. The summed E-state index contributed by atoms with van der Waals surface area (Å²) >= 11 is 3.41. The lowest BCUT2D eigenvalue weighted by Gasteiger charge is -2.31. The third-order valence-corrected chi connectivity index (χ3v) is 5.72. The van der Waals surface area contributed by atoms with Gasteiger partial charge in [-0.25, -0.2) is 4.39 Å². The molecule has 1 aliphatic rings. The minimum Gasteiger partial charge on any atom is -0.356 e. The van der Waals surface area contributed by atoms with Gasteiger partial charge in [-0.2, -0.15) is 0 Å². The zero-order valence-electron chi connectivity index (χ0n) is 15.9. The van der Waals surface area contributed by atoms with Crippen LogP contribution in [-0.2, 0) is 11.2 Å². The van der Waals surface area contributed by atoms with E-state index in [1.165, 1.54) is 6.07 Å². The highest BCUT2D eigenvalue weighted by Crippen LogP contribution is 2.22. The molecular formula is C22H24BrFN2O2. The SMILES string of the molecule is Cc1cc(Br)ccc1C(=O)N1CCC(C(=O)NCCc2ccccc2F)CC1. The second-order valence-electron chi connectivity index (χ2n) is 7.16. The van der Waals surface area contributed by atoms with E-state index in [4.69, 9.17) is 0 Å². The average Bonchev–Trinajstić information content (AvgIpc) is 2.69. The van der Waals surface area contributed by atoms with Gasteiger partial charge in [-0.1, -0.05) is 34.1 Å². The fourth-order valence-electron chi connectivity index (χ4n) is 3.55. The van der Waals surface area contributed by atoms with Gasteiger partial charge in [0.1, 0.15) is 5.82 Å². The quantitative estimate of drug-likeness (QED) is 0.750. The third-order valence-electron chi connectivity index (χ3n) is 5.22. The van der Waals surface area contributed by atoms with Crippen LogP contribution in [0.5, 0.6) is 0 Å². The lowest BCUT2D eigenvalue weighted by Crippen LogP contribution is -2.43. The number of benzene rings is 2. The molecule has 1 heterocycles. The van der Waals surface area contributed by atoms with E-state index in [1.807, 2.05) is 30.0 Å². The molecule has 1 saturated heterocycles.